The van der Waals surface area contributed by atoms with Gasteiger partial charge in [-0.1, -0.05) is 49.4 Å². The summed E-state index contributed by atoms with van der Waals surface area (Å²) in [6, 6.07) is 22.8. The van der Waals surface area contributed by atoms with Crippen LogP contribution in [0.2, 0.25) is 0 Å². The van der Waals surface area contributed by atoms with Gasteiger partial charge in [0.05, 0.1) is 17.6 Å². The highest BCUT2D eigenvalue weighted by Gasteiger charge is 2.35. The molecule has 0 saturated carbocycles. The molecule has 5 rings (SSSR count). The number of para-hydroxylation sites is 3. The van der Waals surface area contributed by atoms with Gasteiger partial charge < -0.3 is 14.2 Å². The largest absolute Gasteiger partial charge is 0.493 e. The van der Waals surface area contributed by atoms with Crippen molar-refractivity contribution in [1.29, 1.82) is 0 Å². The Labute approximate surface area is 213 Å². The summed E-state index contributed by atoms with van der Waals surface area (Å²) in [7, 11) is 0. The van der Waals surface area contributed by atoms with E-state index >= 15 is 0 Å². The third-order valence-electron chi connectivity index (χ3n) is 7.43. The molecule has 1 unspecified atom stereocenters. The average molecular weight is 482 g/mol. The first kappa shape index (κ1) is 24.1. The molecule has 5 nitrogen and oxygen atoms in total. The Morgan fingerprint density at radius 3 is 2.64 bits per heavy atom. The van der Waals surface area contributed by atoms with Crippen molar-refractivity contribution in [2.75, 3.05) is 18.1 Å². The molecule has 1 saturated heterocycles. The van der Waals surface area contributed by atoms with Crippen molar-refractivity contribution in [2.45, 2.75) is 58.9 Å². The molecule has 0 radical (unpaired) electrons. The highest BCUT2D eigenvalue weighted by Crippen LogP contribution is 2.35. The first-order valence-electron chi connectivity index (χ1n) is 13.1. The molecule has 5 heteroatoms. The van der Waals surface area contributed by atoms with E-state index < -0.39 is 0 Å². The first-order chi connectivity index (χ1) is 17.6. The lowest BCUT2D eigenvalue weighted by Crippen LogP contribution is -2.25. The zero-order chi connectivity index (χ0) is 25.1. The summed E-state index contributed by atoms with van der Waals surface area (Å²) in [5.74, 6) is 2.26. The van der Waals surface area contributed by atoms with E-state index in [1.807, 2.05) is 35.2 Å². The minimum Gasteiger partial charge on any atom is -0.493 e. The van der Waals surface area contributed by atoms with Crippen LogP contribution in [-0.4, -0.2) is 28.6 Å². The predicted molar refractivity (Wildman–Crippen MR) is 146 cm³/mol. The van der Waals surface area contributed by atoms with Gasteiger partial charge in [-0.05, 0) is 74.1 Å². The Balaban J connectivity index is 1.31. The normalized spacial score (nSPS) is 15.7. The van der Waals surface area contributed by atoms with Crippen molar-refractivity contribution in [3.05, 3.63) is 89.2 Å². The second-order valence-corrected chi connectivity index (χ2v) is 9.75. The smallest absolute Gasteiger partial charge is 0.227 e. The molecule has 0 aliphatic carbocycles. The number of imidazole rings is 1. The van der Waals surface area contributed by atoms with Crippen molar-refractivity contribution >= 4 is 22.6 Å². The third-order valence-corrected chi connectivity index (χ3v) is 7.43. The number of anilines is 1. The van der Waals surface area contributed by atoms with Crippen molar-refractivity contribution in [3.63, 3.8) is 0 Å². The SMILES string of the molecule is CCc1ccccc1N1CC(c2nc3ccccc3n2CCCCOc2cccc(C)c2C)CC1=O. The quantitative estimate of drug-likeness (QED) is 0.253. The van der Waals surface area contributed by atoms with E-state index in [9.17, 15) is 4.79 Å². The first-order valence-corrected chi connectivity index (χ1v) is 13.1. The van der Waals surface area contributed by atoms with Crippen LogP contribution in [0.3, 0.4) is 0 Å². The van der Waals surface area contributed by atoms with E-state index in [-0.39, 0.29) is 11.8 Å². The lowest BCUT2D eigenvalue weighted by atomic mass is 10.1. The van der Waals surface area contributed by atoms with Gasteiger partial charge in [0, 0.05) is 31.1 Å². The molecule has 0 bridgehead atoms. The van der Waals surface area contributed by atoms with Crippen LogP contribution in [0.1, 0.15) is 54.6 Å². The molecule has 1 aliphatic heterocycles. The van der Waals surface area contributed by atoms with Crippen LogP contribution in [-0.2, 0) is 17.8 Å². The Bertz CT molecular complexity index is 1370. The van der Waals surface area contributed by atoms with Crippen molar-refractivity contribution in [3.8, 4) is 5.75 Å². The van der Waals surface area contributed by atoms with Crippen LogP contribution in [0, 0.1) is 13.8 Å². The van der Waals surface area contributed by atoms with Gasteiger partial charge in [0.1, 0.15) is 11.6 Å². The average Bonchev–Trinajstić information content (AvgIpc) is 3.46. The molecular weight excluding hydrogens is 446 g/mol. The van der Waals surface area contributed by atoms with Crippen LogP contribution in [0.5, 0.6) is 5.75 Å². The molecule has 4 aromatic rings. The van der Waals surface area contributed by atoms with Crippen molar-refractivity contribution < 1.29 is 9.53 Å². The topological polar surface area (TPSA) is 47.4 Å². The number of aryl methyl sites for hydroxylation is 3. The number of ether oxygens (including phenoxy) is 1. The predicted octanol–water partition coefficient (Wildman–Crippen LogP) is 6.60. The number of benzene rings is 3. The summed E-state index contributed by atoms with van der Waals surface area (Å²) in [5.41, 5.74) is 6.86. The van der Waals surface area contributed by atoms with Crippen LogP contribution in [0.15, 0.2) is 66.7 Å². The number of nitrogens with zero attached hydrogens (tertiary/aromatic N) is 3. The van der Waals surface area contributed by atoms with Crippen molar-refractivity contribution in [2.24, 2.45) is 0 Å². The highest BCUT2D eigenvalue weighted by molar-refractivity contribution is 5.97. The molecule has 1 amide bonds. The van der Waals surface area contributed by atoms with Crippen LogP contribution < -0.4 is 9.64 Å². The third kappa shape index (κ3) is 4.75. The van der Waals surface area contributed by atoms with Crippen LogP contribution >= 0.6 is 0 Å². The molecule has 36 heavy (non-hydrogen) atoms. The van der Waals surface area contributed by atoms with E-state index in [4.69, 9.17) is 9.72 Å². The summed E-state index contributed by atoms with van der Waals surface area (Å²) in [6.07, 6.45) is 3.35. The monoisotopic (exact) mass is 481 g/mol. The lowest BCUT2D eigenvalue weighted by molar-refractivity contribution is -0.117. The fraction of sp³-hybridized carbons (Fsp3) is 0.355. The molecule has 2 heterocycles. The Morgan fingerprint density at radius 2 is 1.78 bits per heavy atom. The molecule has 3 aromatic carbocycles. The van der Waals surface area contributed by atoms with E-state index in [2.05, 4.69) is 61.7 Å². The van der Waals surface area contributed by atoms with Gasteiger partial charge in [0.2, 0.25) is 5.91 Å². The number of amides is 1. The number of carbonyl (C=O) groups excluding carboxylic acids is 1. The van der Waals surface area contributed by atoms with Crippen molar-refractivity contribution in [1.82, 2.24) is 9.55 Å². The molecule has 1 aromatic heterocycles. The minimum absolute atomic E-state index is 0.0843. The van der Waals surface area contributed by atoms with Gasteiger partial charge in [0.15, 0.2) is 0 Å². The molecule has 1 atom stereocenters. The van der Waals surface area contributed by atoms with Gasteiger partial charge in [-0.3, -0.25) is 4.79 Å². The fourth-order valence-electron chi connectivity index (χ4n) is 5.26. The molecule has 186 valence electrons. The molecule has 0 spiro atoms. The maximum atomic E-state index is 13.1. The van der Waals surface area contributed by atoms with Crippen LogP contribution in [0.25, 0.3) is 11.0 Å². The van der Waals surface area contributed by atoms with E-state index in [0.717, 1.165) is 54.1 Å². The molecule has 1 fully saturated rings. The number of aromatic nitrogens is 2. The number of fused-ring (bicyclic) bond motifs is 1. The van der Waals surface area contributed by atoms with Gasteiger partial charge in [-0.2, -0.15) is 0 Å². The number of rotatable bonds is 9. The summed E-state index contributed by atoms with van der Waals surface area (Å²) < 4.78 is 8.41. The van der Waals surface area contributed by atoms with E-state index in [1.165, 1.54) is 16.7 Å². The van der Waals surface area contributed by atoms with Gasteiger partial charge in [-0.25, -0.2) is 4.98 Å². The fourth-order valence-corrected chi connectivity index (χ4v) is 5.26. The van der Waals surface area contributed by atoms with E-state index in [0.29, 0.717) is 19.6 Å². The Morgan fingerprint density at radius 1 is 0.972 bits per heavy atom. The highest BCUT2D eigenvalue weighted by atomic mass is 16.5. The second-order valence-electron chi connectivity index (χ2n) is 9.75. The number of hydrogen-bond donors (Lipinski definition) is 0. The standard InChI is InChI=1S/C31H35N3O2/c1-4-24-13-5-7-15-27(24)34-21-25(20-30(34)35)31-32-26-14-6-8-16-28(26)33(31)18-9-10-19-36-29-17-11-12-22(2)23(29)3/h5-8,11-17,25H,4,9-10,18-21H2,1-3H3. The summed E-state index contributed by atoms with van der Waals surface area (Å²) in [5, 5.41) is 0. The van der Waals surface area contributed by atoms with Crippen LogP contribution in [0.4, 0.5) is 5.69 Å². The Hall–Kier alpha value is -3.60. The summed E-state index contributed by atoms with van der Waals surface area (Å²) in [4.78, 5) is 20.1. The number of unbranched alkanes of at least 4 members (excludes halogenated alkanes) is 1. The maximum Gasteiger partial charge on any atom is 0.227 e. The zero-order valence-corrected chi connectivity index (χ0v) is 21.5. The van der Waals surface area contributed by atoms with Gasteiger partial charge >= 0.3 is 0 Å². The lowest BCUT2D eigenvalue weighted by Gasteiger charge is -2.20. The number of hydrogen-bond acceptors (Lipinski definition) is 3. The number of carbonyl (C=O) groups is 1. The summed E-state index contributed by atoms with van der Waals surface area (Å²) in [6.45, 7) is 8.59. The molecule has 0 N–H and O–H groups in total. The van der Waals surface area contributed by atoms with Gasteiger partial charge in [-0.15, -0.1) is 0 Å². The maximum absolute atomic E-state index is 13.1. The second kappa shape index (κ2) is 10.6. The minimum atomic E-state index is 0.0843. The molecular formula is C31H35N3O2. The Kier molecular flexibility index (Phi) is 7.08. The zero-order valence-electron chi connectivity index (χ0n) is 21.5. The van der Waals surface area contributed by atoms with Gasteiger partial charge in [0.25, 0.3) is 0 Å². The van der Waals surface area contributed by atoms with E-state index in [1.54, 1.807) is 0 Å². The summed E-state index contributed by atoms with van der Waals surface area (Å²) >= 11 is 0. The molecule has 1 aliphatic rings.